The first kappa shape index (κ1) is 10.7. The second-order valence-electron chi connectivity index (χ2n) is 4.27. The Morgan fingerprint density at radius 2 is 2.13 bits per heavy atom. The maximum absolute atomic E-state index is 9.27. The van der Waals surface area contributed by atoms with Gasteiger partial charge in [0.15, 0.2) is 0 Å². The van der Waals surface area contributed by atoms with Crippen molar-refractivity contribution in [3.63, 3.8) is 0 Å². The summed E-state index contributed by atoms with van der Waals surface area (Å²) in [7, 11) is 0. The summed E-state index contributed by atoms with van der Waals surface area (Å²) in [6, 6.07) is 2.57. The predicted molar refractivity (Wildman–Crippen MR) is 58.3 cm³/mol. The summed E-state index contributed by atoms with van der Waals surface area (Å²) >= 11 is 0. The fraction of sp³-hybridized carbons (Fsp3) is 0.750. The van der Waals surface area contributed by atoms with Crippen molar-refractivity contribution < 1.29 is 4.74 Å². The largest absolute Gasteiger partial charge is 0.379 e. The molecule has 1 aliphatic carbocycles. The molecule has 2 rings (SSSR count). The monoisotopic (exact) mass is 206 g/mol. The van der Waals surface area contributed by atoms with Gasteiger partial charge in [-0.05, 0) is 25.2 Å². The van der Waals surface area contributed by atoms with E-state index < -0.39 is 0 Å². The molecule has 2 atom stereocenters. The first-order valence-corrected chi connectivity index (χ1v) is 5.78. The Kier molecular flexibility index (Phi) is 3.76. The molecule has 2 aliphatic rings. The lowest BCUT2D eigenvalue weighted by molar-refractivity contribution is 0.0150. The molecule has 0 saturated carbocycles. The first-order chi connectivity index (χ1) is 7.42. The average Bonchev–Trinajstić information content (AvgIpc) is 2.33. The highest BCUT2D eigenvalue weighted by Gasteiger charge is 2.28. The highest BCUT2D eigenvalue weighted by Crippen LogP contribution is 2.25. The lowest BCUT2D eigenvalue weighted by Gasteiger charge is -2.35. The van der Waals surface area contributed by atoms with Gasteiger partial charge in [-0.3, -0.25) is 4.90 Å². The van der Waals surface area contributed by atoms with E-state index in [0.29, 0.717) is 5.92 Å². The number of hydrogen-bond acceptors (Lipinski definition) is 3. The van der Waals surface area contributed by atoms with Crippen LogP contribution in [0.3, 0.4) is 0 Å². The summed E-state index contributed by atoms with van der Waals surface area (Å²) in [6.07, 6.45) is 7.80. The summed E-state index contributed by atoms with van der Waals surface area (Å²) in [5.74, 6) is 0.526. The molecule has 0 unspecified atom stereocenters. The molecule has 3 nitrogen and oxygen atoms in total. The molecule has 0 spiro atoms. The van der Waals surface area contributed by atoms with Crippen molar-refractivity contribution >= 4 is 0 Å². The van der Waals surface area contributed by atoms with Gasteiger partial charge in [0.25, 0.3) is 0 Å². The maximum Gasteiger partial charge on any atom is 0.101 e. The molecule has 0 aromatic rings. The second kappa shape index (κ2) is 5.29. The quantitative estimate of drug-likeness (QED) is 0.643. The van der Waals surface area contributed by atoms with Crippen molar-refractivity contribution in [3.05, 3.63) is 12.2 Å². The summed E-state index contributed by atoms with van der Waals surface area (Å²) in [5.41, 5.74) is 0. The van der Waals surface area contributed by atoms with Crippen LogP contribution >= 0.6 is 0 Å². The summed E-state index contributed by atoms with van der Waals surface area (Å²) < 4.78 is 5.32. The van der Waals surface area contributed by atoms with Crippen molar-refractivity contribution in [1.82, 2.24) is 4.90 Å². The Morgan fingerprint density at radius 3 is 2.73 bits per heavy atom. The van der Waals surface area contributed by atoms with E-state index in [0.717, 1.165) is 45.6 Å². The van der Waals surface area contributed by atoms with Crippen molar-refractivity contribution in [2.75, 3.05) is 26.3 Å². The average molecular weight is 206 g/mol. The fourth-order valence-corrected chi connectivity index (χ4v) is 2.44. The Labute approximate surface area is 91.3 Å². The number of hydrogen-bond donors (Lipinski definition) is 0. The van der Waals surface area contributed by atoms with Crippen LogP contribution in [0.2, 0.25) is 0 Å². The van der Waals surface area contributed by atoms with Crippen LogP contribution in [0.1, 0.15) is 19.3 Å². The number of rotatable bonds is 2. The van der Waals surface area contributed by atoms with E-state index in [-0.39, 0.29) is 6.04 Å². The minimum atomic E-state index is 0.0962. The van der Waals surface area contributed by atoms with E-state index in [1.807, 2.05) is 0 Å². The molecule has 1 saturated heterocycles. The number of ether oxygens (including phenoxy) is 1. The van der Waals surface area contributed by atoms with Gasteiger partial charge in [-0.2, -0.15) is 5.26 Å². The van der Waals surface area contributed by atoms with Crippen molar-refractivity contribution in [3.8, 4) is 6.07 Å². The summed E-state index contributed by atoms with van der Waals surface area (Å²) in [4.78, 5) is 2.29. The zero-order valence-electron chi connectivity index (χ0n) is 9.06. The first-order valence-electron chi connectivity index (χ1n) is 5.78. The number of morpholine rings is 1. The third kappa shape index (κ3) is 2.58. The second-order valence-corrected chi connectivity index (χ2v) is 4.27. The molecule has 1 aliphatic heterocycles. The Balaban J connectivity index is 1.96. The number of nitrogens with zero attached hydrogens (tertiary/aromatic N) is 2. The molecule has 3 heteroatoms. The molecule has 0 aromatic heterocycles. The SMILES string of the molecule is N#C[C@H]([C@H]1CC=CCC1)N1CCOCC1. The topological polar surface area (TPSA) is 36.3 Å². The van der Waals surface area contributed by atoms with Gasteiger partial charge in [0, 0.05) is 13.1 Å². The Morgan fingerprint density at radius 1 is 1.33 bits per heavy atom. The minimum Gasteiger partial charge on any atom is -0.379 e. The molecule has 0 aromatic carbocycles. The number of allylic oxidation sites excluding steroid dienone is 2. The van der Waals surface area contributed by atoms with Gasteiger partial charge in [-0.15, -0.1) is 0 Å². The van der Waals surface area contributed by atoms with Gasteiger partial charge in [0.2, 0.25) is 0 Å². The van der Waals surface area contributed by atoms with Crippen molar-refractivity contribution in [2.45, 2.75) is 25.3 Å². The standard InChI is InChI=1S/C12H18N2O/c13-10-12(11-4-2-1-3-5-11)14-6-8-15-9-7-14/h1-2,11-12H,3-9H2/t11-,12+/m0/s1. The smallest absolute Gasteiger partial charge is 0.101 e. The zero-order chi connectivity index (χ0) is 10.5. The van der Waals surface area contributed by atoms with E-state index >= 15 is 0 Å². The zero-order valence-corrected chi connectivity index (χ0v) is 9.06. The van der Waals surface area contributed by atoms with Gasteiger partial charge in [0.1, 0.15) is 6.04 Å². The maximum atomic E-state index is 9.27. The Hall–Kier alpha value is -0.850. The molecule has 0 radical (unpaired) electrons. The number of nitriles is 1. The summed E-state index contributed by atoms with van der Waals surface area (Å²) in [5, 5.41) is 9.27. The lowest BCUT2D eigenvalue weighted by atomic mass is 9.87. The van der Waals surface area contributed by atoms with Crippen LogP contribution in [0.4, 0.5) is 0 Å². The van der Waals surface area contributed by atoms with Crippen LogP contribution in [0.15, 0.2) is 12.2 Å². The minimum absolute atomic E-state index is 0.0962. The van der Waals surface area contributed by atoms with Gasteiger partial charge in [-0.25, -0.2) is 0 Å². The molecule has 82 valence electrons. The Bertz CT molecular complexity index is 263. The molecule has 0 bridgehead atoms. The molecule has 0 amide bonds. The molecule has 0 N–H and O–H groups in total. The van der Waals surface area contributed by atoms with E-state index in [9.17, 15) is 5.26 Å². The van der Waals surface area contributed by atoms with Crippen LogP contribution in [0, 0.1) is 17.2 Å². The van der Waals surface area contributed by atoms with Crippen LogP contribution < -0.4 is 0 Å². The van der Waals surface area contributed by atoms with Crippen LogP contribution in [0.5, 0.6) is 0 Å². The van der Waals surface area contributed by atoms with Crippen molar-refractivity contribution in [1.29, 1.82) is 5.26 Å². The molecule has 1 fully saturated rings. The highest BCUT2D eigenvalue weighted by molar-refractivity contribution is 5.02. The van der Waals surface area contributed by atoms with E-state index in [1.165, 1.54) is 0 Å². The molecular weight excluding hydrogens is 188 g/mol. The van der Waals surface area contributed by atoms with Crippen LogP contribution in [-0.2, 0) is 4.74 Å². The lowest BCUT2D eigenvalue weighted by Crippen LogP contribution is -2.46. The van der Waals surface area contributed by atoms with Crippen molar-refractivity contribution in [2.24, 2.45) is 5.92 Å². The normalized spacial score (nSPS) is 29.7. The van der Waals surface area contributed by atoms with Gasteiger partial charge >= 0.3 is 0 Å². The third-order valence-electron chi connectivity index (χ3n) is 3.33. The van der Waals surface area contributed by atoms with Gasteiger partial charge in [0.05, 0.1) is 19.3 Å². The van der Waals surface area contributed by atoms with E-state index in [2.05, 4.69) is 23.1 Å². The molecular formula is C12H18N2O. The fourth-order valence-electron chi connectivity index (χ4n) is 2.44. The van der Waals surface area contributed by atoms with Crippen LogP contribution in [0.25, 0.3) is 0 Å². The highest BCUT2D eigenvalue weighted by atomic mass is 16.5. The van der Waals surface area contributed by atoms with Gasteiger partial charge < -0.3 is 4.74 Å². The van der Waals surface area contributed by atoms with E-state index in [1.54, 1.807) is 0 Å². The van der Waals surface area contributed by atoms with Crippen LogP contribution in [-0.4, -0.2) is 37.2 Å². The summed E-state index contributed by atoms with van der Waals surface area (Å²) in [6.45, 7) is 3.39. The molecule has 15 heavy (non-hydrogen) atoms. The third-order valence-corrected chi connectivity index (χ3v) is 3.33. The van der Waals surface area contributed by atoms with Gasteiger partial charge in [-0.1, -0.05) is 12.2 Å². The molecule has 1 heterocycles. The predicted octanol–water partition coefficient (Wildman–Crippen LogP) is 1.57. The van der Waals surface area contributed by atoms with E-state index in [4.69, 9.17) is 4.74 Å².